The number of carboxylic acid groups (broad SMARTS) is 1. The van der Waals surface area contributed by atoms with E-state index in [1.165, 1.54) is 38.5 Å². The Bertz CT molecular complexity index is 1560. The second-order valence-corrected chi connectivity index (χ2v) is 15.0. The summed E-state index contributed by atoms with van der Waals surface area (Å²) in [5.41, 5.74) is 4.28. The maximum Gasteiger partial charge on any atom is 0.490 e. The smallest absolute Gasteiger partial charge is 0.475 e. The molecule has 54 heavy (non-hydrogen) atoms. The summed E-state index contributed by atoms with van der Waals surface area (Å²) < 4.78 is 31.7. The highest BCUT2D eigenvalue weighted by atomic mass is 35.5. The van der Waals surface area contributed by atoms with Crippen molar-refractivity contribution in [1.29, 1.82) is 0 Å². The number of aromatic nitrogens is 4. The molecule has 2 atom stereocenters. The van der Waals surface area contributed by atoms with E-state index >= 15 is 0 Å². The number of fused-ring (bicyclic) bond motifs is 2. The summed E-state index contributed by atoms with van der Waals surface area (Å²) >= 11 is 17.5. The summed E-state index contributed by atoms with van der Waals surface area (Å²) in [6, 6.07) is 0.415. The molecule has 302 valence electrons. The van der Waals surface area contributed by atoms with Crippen LogP contribution in [0.15, 0.2) is 0 Å². The van der Waals surface area contributed by atoms with Crippen molar-refractivity contribution in [2.24, 2.45) is 0 Å². The van der Waals surface area contributed by atoms with Gasteiger partial charge in [-0.1, -0.05) is 50.1 Å². The Morgan fingerprint density at radius 3 is 1.65 bits per heavy atom. The van der Waals surface area contributed by atoms with Gasteiger partial charge in [0.1, 0.15) is 17.0 Å². The van der Waals surface area contributed by atoms with Gasteiger partial charge in [-0.05, 0) is 108 Å². The third-order valence-electron chi connectivity index (χ3n) is 10.0. The van der Waals surface area contributed by atoms with Crippen LogP contribution >= 0.6 is 34.8 Å². The van der Waals surface area contributed by atoms with Gasteiger partial charge in [-0.15, -0.1) is 0 Å². The molecule has 2 aromatic rings. The van der Waals surface area contributed by atoms with E-state index in [0.29, 0.717) is 17.2 Å². The summed E-state index contributed by atoms with van der Waals surface area (Å²) in [5.74, 6) is -1.74. The average Bonchev–Trinajstić information content (AvgIpc) is 3.82. The molecule has 2 fully saturated rings. The predicted molar refractivity (Wildman–Crippen MR) is 203 cm³/mol. The summed E-state index contributed by atoms with van der Waals surface area (Å²) in [7, 11) is 3.73. The normalized spacial score (nSPS) is 17.8. The topological polar surface area (TPSA) is 162 Å². The maximum atomic E-state index is 12.6. The Balaban J connectivity index is 0.000000214. The van der Waals surface area contributed by atoms with Gasteiger partial charge < -0.3 is 26.0 Å². The minimum Gasteiger partial charge on any atom is -0.475 e. The van der Waals surface area contributed by atoms with Gasteiger partial charge in [-0.2, -0.15) is 13.2 Å². The van der Waals surface area contributed by atoms with Crippen molar-refractivity contribution in [3.05, 3.63) is 38.2 Å². The first-order valence-corrected chi connectivity index (χ1v) is 19.7. The van der Waals surface area contributed by atoms with Gasteiger partial charge in [-0.3, -0.25) is 9.59 Å². The molecular formula is C36H52Cl3F3N8O4. The highest BCUT2D eigenvalue weighted by Crippen LogP contribution is 2.31. The van der Waals surface area contributed by atoms with E-state index in [9.17, 15) is 22.8 Å². The summed E-state index contributed by atoms with van der Waals surface area (Å²) in [6.45, 7) is 3.81. The second kappa shape index (κ2) is 21.9. The van der Waals surface area contributed by atoms with Crippen LogP contribution in [0.3, 0.4) is 0 Å². The highest BCUT2D eigenvalue weighted by Gasteiger charge is 2.38. The third kappa shape index (κ3) is 14.2. The second-order valence-electron chi connectivity index (χ2n) is 13.9. The number of nitrogens with one attached hydrogen (secondary N) is 3. The predicted octanol–water partition coefficient (Wildman–Crippen LogP) is 6.84. The molecule has 12 nitrogen and oxygen atoms in total. The third-order valence-corrected chi connectivity index (χ3v) is 10.7. The van der Waals surface area contributed by atoms with Crippen molar-refractivity contribution in [3.63, 3.8) is 0 Å². The summed E-state index contributed by atoms with van der Waals surface area (Å²) in [5, 5.41) is 17.4. The molecule has 0 bridgehead atoms. The summed E-state index contributed by atoms with van der Waals surface area (Å²) in [6.07, 6.45) is 13.1. The van der Waals surface area contributed by atoms with Gasteiger partial charge in [0.05, 0.1) is 17.4 Å². The van der Waals surface area contributed by atoms with Crippen LogP contribution in [0.5, 0.6) is 0 Å². The number of hydrogen-bond acceptors (Lipinski definition) is 9. The van der Waals surface area contributed by atoms with Gasteiger partial charge in [0.15, 0.2) is 0 Å². The number of carbonyl (C=O) groups is 3. The molecule has 6 rings (SSSR count). The van der Waals surface area contributed by atoms with E-state index in [1.54, 1.807) is 0 Å². The molecule has 2 unspecified atom stereocenters. The van der Waals surface area contributed by atoms with E-state index in [-0.39, 0.29) is 34.5 Å². The molecule has 4 aliphatic carbocycles. The number of anilines is 1. The monoisotopic (exact) mass is 822 g/mol. The number of aryl methyl sites for hydroxylation is 2. The van der Waals surface area contributed by atoms with Crippen LogP contribution in [0.1, 0.15) is 113 Å². The van der Waals surface area contributed by atoms with Crippen LogP contribution in [-0.4, -0.2) is 87.3 Å². The lowest BCUT2D eigenvalue weighted by atomic mass is 9.95. The number of alkyl halides is 3. The molecule has 2 amide bonds. The van der Waals surface area contributed by atoms with Crippen LogP contribution in [0.4, 0.5) is 19.0 Å². The van der Waals surface area contributed by atoms with E-state index < -0.39 is 12.1 Å². The van der Waals surface area contributed by atoms with Crippen LogP contribution in [0, 0.1) is 0 Å². The van der Waals surface area contributed by atoms with Crippen molar-refractivity contribution >= 4 is 58.4 Å². The molecule has 0 aliphatic heterocycles. The SMILES string of the molecule is CC(C(=O)NC1CCCCC1)N(C)c1nc(Cl)nc2c1CCC2.CNC(C)C(=O)NC1CCCCC1.Clc1nc(Cl)c2c(n1)CCC2.O=C(O)C(F)(F)F. The Kier molecular flexibility index (Phi) is 18.4. The number of nitrogens with zero attached hydrogens (tertiary/aromatic N) is 5. The lowest BCUT2D eigenvalue weighted by Crippen LogP contribution is -2.48. The van der Waals surface area contributed by atoms with Crippen molar-refractivity contribution in [3.8, 4) is 0 Å². The van der Waals surface area contributed by atoms with E-state index in [1.807, 2.05) is 32.8 Å². The minimum absolute atomic E-state index is 0.0677. The Labute approximate surface area is 330 Å². The number of rotatable bonds is 7. The van der Waals surface area contributed by atoms with Crippen molar-refractivity contribution in [2.75, 3.05) is 19.0 Å². The van der Waals surface area contributed by atoms with E-state index in [2.05, 4.69) is 35.9 Å². The van der Waals surface area contributed by atoms with Crippen LogP contribution in [0.2, 0.25) is 15.7 Å². The van der Waals surface area contributed by atoms with Crippen molar-refractivity contribution < 1.29 is 32.7 Å². The zero-order chi connectivity index (χ0) is 40.0. The Morgan fingerprint density at radius 1 is 0.722 bits per heavy atom. The van der Waals surface area contributed by atoms with Gasteiger partial charge in [-0.25, -0.2) is 24.7 Å². The number of halogens is 6. The molecule has 18 heteroatoms. The first-order chi connectivity index (χ1) is 25.5. The molecule has 2 heterocycles. The molecule has 4 aliphatic rings. The Morgan fingerprint density at radius 2 is 1.17 bits per heavy atom. The molecular weight excluding hydrogens is 772 g/mol. The number of carboxylic acids is 1. The molecule has 4 N–H and O–H groups in total. The number of carbonyl (C=O) groups excluding carboxylic acids is 2. The number of aliphatic carboxylic acids is 1. The zero-order valence-corrected chi connectivity index (χ0v) is 33.6. The van der Waals surface area contributed by atoms with Gasteiger partial charge in [0.25, 0.3) is 0 Å². The van der Waals surface area contributed by atoms with E-state index in [4.69, 9.17) is 44.7 Å². The fourth-order valence-electron chi connectivity index (χ4n) is 6.67. The lowest BCUT2D eigenvalue weighted by Gasteiger charge is -2.30. The number of hydrogen-bond donors (Lipinski definition) is 4. The fraction of sp³-hybridized carbons (Fsp3) is 0.694. The molecule has 0 saturated heterocycles. The van der Waals surface area contributed by atoms with Crippen LogP contribution < -0.4 is 20.9 Å². The van der Waals surface area contributed by atoms with Crippen LogP contribution in [0.25, 0.3) is 0 Å². The van der Waals surface area contributed by atoms with Gasteiger partial charge >= 0.3 is 12.1 Å². The molecule has 2 aromatic heterocycles. The highest BCUT2D eigenvalue weighted by molar-refractivity contribution is 6.32. The molecule has 2 saturated carbocycles. The largest absolute Gasteiger partial charge is 0.490 e. The molecule has 0 radical (unpaired) electrons. The van der Waals surface area contributed by atoms with Gasteiger partial charge in [0.2, 0.25) is 22.4 Å². The molecule has 0 aromatic carbocycles. The zero-order valence-electron chi connectivity index (χ0n) is 31.3. The lowest BCUT2D eigenvalue weighted by molar-refractivity contribution is -0.192. The number of amides is 2. The Hall–Kier alpha value is -3.01. The maximum absolute atomic E-state index is 12.6. The fourth-order valence-corrected chi connectivity index (χ4v) is 7.36. The number of likely N-dealkylation sites (N-methyl/N-ethyl adjacent to an activating group) is 2. The van der Waals surface area contributed by atoms with Crippen LogP contribution in [-0.2, 0) is 40.1 Å². The summed E-state index contributed by atoms with van der Waals surface area (Å²) in [4.78, 5) is 51.6. The minimum atomic E-state index is -5.08. The van der Waals surface area contributed by atoms with E-state index in [0.717, 1.165) is 92.5 Å². The first-order valence-electron chi connectivity index (χ1n) is 18.6. The van der Waals surface area contributed by atoms with Crippen molar-refractivity contribution in [1.82, 2.24) is 35.9 Å². The first kappa shape index (κ1) is 45.4. The average molecular weight is 824 g/mol. The standard InChI is InChI=1S/C17H25ClN4O.C10H20N2O.C7H6Cl2N2.C2HF3O2/c1-11(16(23)19-12-7-4-3-5-8-12)22(2)15-13-9-6-10-14(13)20-17(18)21-15;1-8(11-2)10(13)12-9-6-4-3-5-7-9;8-6-4-2-1-3-5(4)10-7(9)11-6;3-2(4,5)1(6)7/h11-12H,3-10H2,1-2H3,(H,19,23);8-9,11H,3-7H2,1-2H3,(H,12,13);1-3H2;(H,6,7). The molecule has 0 spiro atoms. The van der Waals surface area contributed by atoms with Gasteiger partial charge in [0, 0.05) is 30.3 Å². The quantitative estimate of drug-likeness (QED) is 0.172. The van der Waals surface area contributed by atoms with Crippen molar-refractivity contribution in [2.45, 2.75) is 147 Å².